The van der Waals surface area contributed by atoms with E-state index in [0.29, 0.717) is 17.0 Å². The summed E-state index contributed by atoms with van der Waals surface area (Å²) in [4.78, 5) is 0. The van der Waals surface area contributed by atoms with Crippen molar-refractivity contribution in [3.05, 3.63) is 48.0 Å². The molecule has 0 spiro atoms. The van der Waals surface area contributed by atoms with Crippen molar-refractivity contribution >= 4 is 5.69 Å². The maximum atomic E-state index is 13.7. The number of hydrogen-bond acceptors (Lipinski definition) is 2. The van der Waals surface area contributed by atoms with Gasteiger partial charge in [0, 0.05) is 16.8 Å². The Kier molecular flexibility index (Phi) is 2.95. The number of nitrogen functional groups attached to an aromatic ring is 1. The van der Waals surface area contributed by atoms with Crippen LogP contribution in [0.15, 0.2) is 36.4 Å². The number of nitrogens with two attached hydrogens (primary N) is 1. The third kappa shape index (κ3) is 2.20. The van der Waals surface area contributed by atoms with Crippen molar-refractivity contribution < 1.29 is 13.5 Å². The van der Waals surface area contributed by atoms with Gasteiger partial charge in [0.05, 0.1) is 7.11 Å². The van der Waals surface area contributed by atoms with Crippen molar-refractivity contribution in [3.8, 4) is 16.9 Å². The van der Waals surface area contributed by atoms with E-state index in [2.05, 4.69) is 0 Å². The Morgan fingerprint density at radius 3 is 2.41 bits per heavy atom. The van der Waals surface area contributed by atoms with E-state index >= 15 is 0 Å². The number of anilines is 1. The van der Waals surface area contributed by atoms with Crippen LogP contribution in [0.1, 0.15) is 0 Å². The van der Waals surface area contributed by atoms with Gasteiger partial charge in [-0.15, -0.1) is 0 Å². The normalized spacial score (nSPS) is 10.3. The standard InChI is InChI=1S/C13H11F2NO/c1-17-13-5-2-8(14)6-11(13)10-4-3-9(16)7-12(10)15/h2-7H,16H2,1H3. The molecule has 4 heteroatoms. The fourth-order valence-electron chi connectivity index (χ4n) is 1.64. The van der Waals surface area contributed by atoms with E-state index < -0.39 is 11.6 Å². The van der Waals surface area contributed by atoms with Crippen LogP contribution in [0.5, 0.6) is 5.75 Å². The van der Waals surface area contributed by atoms with Crippen molar-refractivity contribution in [2.24, 2.45) is 0 Å². The van der Waals surface area contributed by atoms with Gasteiger partial charge in [-0.1, -0.05) is 0 Å². The molecule has 0 aliphatic heterocycles. The van der Waals surface area contributed by atoms with E-state index in [4.69, 9.17) is 10.5 Å². The van der Waals surface area contributed by atoms with Gasteiger partial charge in [-0.05, 0) is 36.4 Å². The number of rotatable bonds is 2. The van der Waals surface area contributed by atoms with Gasteiger partial charge in [0.25, 0.3) is 0 Å². The zero-order chi connectivity index (χ0) is 12.4. The van der Waals surface area contributed by atoms with Crippen molar-refractivity contribution in [1.29, 1.82) is 0 Å². The van der Waals surface area contributed by atoms with Crippen molar-refractivity contribution in [1.82, 2.24) is 0 Å². The van der Waals surface area contributed by atoms with Crippen molar-refractivity contribution in [2.45, 2.75) is 0 Å². The maximum absolute atomic E-state index is 13.7. The third-order valence-electron chi connectivity index (χ3n) is 2.44. The highest BCUT2D eigenvalue weighted by molar-refractivity contribution is 5.72. The van der Waals surface area contributed by atoms with Gasteiger partial charge in [-0.25, -0.2) is 8.78 Å². The summed E-state index contributed by atoms with van der Waals surface area (Å²) in [5, 5.41) is 0. The van der Waals surface area contributed by atoms with E-state index in [1.807, 2.05) is 0 Å². The Hall–Kier alpha value is -2.10. The molecule has 0 fully saturated rings. The second kappa shape index (κ2) is 4.41. The van der Waals surface area contributed by atoms with Crippen LogP contribution in [-0.2, 0) is 0 Å². The molecule has 0 atom stereocenters. The number of ether oxygens (including phenoxy) is 1. The second-order valence-electron chi connectivity index (χ2n) is 3.58. The molecule has 2 aromatic carbocycles. The largest absolute Gasteiger partial charge is 0.496 e. The molecule has 0 aliphatic rings. The van der Waals surface area contributed by atoms with Crippen LogP contribution in [0.25, 0.3) is 11.1 Å². The first-order valence-corrected chi connectivity index (χ1v) is 5.01. The number of halogens is 2. The van der Waals surface area contributed by atoms with E-state index in [1.165, 1.54) is 37.4 Å². The summed E-state index contributed by atoms with van der Waals surface area (Å²) in [5.74, 6) is -0.541. The molecule has 2 N–H and O–H groups in total. The van der Waals surface area contributed by atoms with Crippen molar-refractivity contribution in [2.75, 3.05) is 12.8 Å². The highest BCUT2D eigenvalue weighted by Crippen LogP contribution is 2.32. The predicted octanol–water partition coefficient (Wildman–Crippen LogP) is 3.22. The molecule has 2 nitrogen and oxygen atoms in total. The molecule has 0 aliphatic carbocycles. The molecular formula is C13H11F2NO. The van der Waals surface area contributed by atoms with Crippen molar-refractivity contribution in [3.63, 3.8) is 0 Å². The lowest BCUT2D eigenvalue weighted by Crippen LogP contribution is -1.93. The number of methoxy groups -OCH3 is 1. The van der Waals surface area contributed by atoms with Gasteiger partial charge < -0.3 is 10.5 Å². The van der Waals surface area contributed by atoms with Crippen LogP contribution in [0.4, 0.5) is 14.5 Å². The molecular weight excluding hydrogens is 224 g/mol. The highest BCUT2D eigenvalue weighted by atomic mass is 19.1. The van der Waals surface area contributed by atoms with E-state index in [-0.39, 0.29) is 5.56 Å². The van der Waals surface area contributed by atoms with Crippen LogP contribution in [0.3, 0.4) is 0 Å². The summed E-state index contributed by atoms with van der Waals surface area (Å²) in [6, 6.07) is 8.20. The average Bonchev–Trinajstić information content (AvgIpc) is 2.29. The first-order valence-electron chi connectivity index (χ1n) is 5.01. The fraction of sp³-hybridized carbons (Fsp3) is 0.0769. The monoisotopic (exact) mass is 235 g/mol. The van der Waals surface area contributed by atoms with E-state index in [9.17, 15) is 8.78 Å². The molecule has 0 bridgehead atoms. The minimum absolute atomic E-state index is 0.260. The Balaban J connectivity index is 2.62. The quantitative estimate of drug-likeness (QED) is 0.811. The lowest BCUT2D eigenvalue weighted by atomic mass is 10.0. The van der Waals surface area contributed by atoms with Gasteiger partial charge in [-0.2, -0.15) is 0 Å². The first kappa shape index (κ1) is 11.4. The molecule has 88 valence electrons. The average molecular weight is 235 g/mol. The van der Waals surface area contributed by atoms with E-state index in [0.717, 1.165) is 0 Å². The summed E-state index contributed by atoms with van der Waals surface area (Å²) < 4.78 is 32.0. The minimum atomic E-state index is -0.506. The fourth-order valence-corrected chi connectivity index (χ4v) is 1.64. The third-order valence-corrected chi connectivity index (χ3v) is 2.44. The van der Waals surface area contributed by atoms with Gasteiger partial charge in [-0.3, -0.25) is 0 Å². The first-order chi connectivity index (χ1) is 8.11. The maximum Gasteiger partial charge on any atom is 0.133 e. The number of hydrogen-bond donors (Lipinski definition) is 1. The Morgan fingerprint density at radius 2 is 1.76 bits per heavy atom. The smallest absolute Gasteiger partial charge is 0.133 e. The van der Waals surface area contributed by atoms with Gasteiger partial charge >= 0.3 is 0 Å². The van der Waals surface area contributed by atoms with Gasteiger partial charge in [0.2, 0.25) is 0 Å². The Labute approximate surface area is 97.6 Å². The topological polar surface area (TPSA) is 35.2 Å². The molecule has 0 aromatic heterocycles. The SMILES string of the molecule is COc1ccc(F)cc1-c1ccc(N)cc1F. The molecule has 17 heavy (non-hydrogen) atoms. The van der Waals surface area contributed by atoms with Crippen LogP contribution in [-0.4, -0.2) is 7.11 Å². The molecule has 2 aromatic rings. The van der Waals surface area contributed by atoms with E-state index in [1.54, 1.807) is 6.07 Å². The summed E-state index contributed by atoms with van der Waals surface area (Å²) >= 11 is 0. The zero-order valence-electron chi connectivity index (χ0n) is 9.21. The Bertz CT molecular complexity index is 555. The summed E-state index contributed by atoms with van der Waals surface area (Å²) in [6.07, 6.45) is 0. The Morgan fingerprint density at radius 1 is 1.00 bits per heavy atom. The highest BCUT2D eigenvalue weighted by Gasteiger charge is 2.11. The van der Waals surface area contributed by atoms with Gasteiger partial charge in [0.1, 0.15) is 17.4 Å². The minimum Gasteiger partial charge on any atom is -0.496 e. The van der Waals surface area contributed by atoms with Crippen LogP contribution in [0, 0.1) is 11.6 Å². The molecule has 0 saturated carbocycles. The zero-order valence-corrected chi connectivity index (χ0v) is 9.21. The predicted molar refractivity (Wildman–Crippen MR) is 62.8 cm³/mol. The molecule has 0 heterocycles. The molecule has 0 radical (unpaired) electrons. The molecule has 0 saturated heterocycles. The van der Waals surface area contributed by atoms with Crippen LogP contribution < -0.4 is 10.5 Å². The lowest BCUT2D eigenvalue weighted by molar-refractivity contribution is 0.415. The molecule has 0 amide bonds. The van der Waals surface area contributed by atoms with Crippen LogP contribution in [0.2, 0.25) is 0 Å². The summed E-state index contributed by atoms with van der Waals surface area (Å²) in [7, 11) is 1.45. The lowest BCUT2D eigenvalue weighted by Gasteiger charge is -2.10. The van der Waals surface area contributed by atoms with Gasteiger partial charge in [0.15, 0.2) is 0 Å². The summed E-state index contributed by atoms with van der Waals surface area (Å²) in [5.41, 5.74) is 6.41. The van der Waals surface area contributed by atoms with Crippen LogP contribution >= 0.6 is 0 Å². The number of benzene rings is 2. The second-order valence-corrected chi connectivity index (χ2v) is 3.58. The molecule has 0 unspecified atom stereocenters. The summed E-state index contributed by atoms with van der Waals surface area (Å²) in [6.45, 7) is 0. The molecule has 2 rings (SSSR count).